The normalized spacial score (nSPS) is 17.2. The van der Waals surface area contributed by atoms with Crippen LogP contribution in [0, 0.1) is 5.92 Å². The quantitative estimate of drug-likeness (QED) is 0.910. The summed E-state index contributed by atoms with van der Waals surface area (Å²) in [6, 6.07) is 6.20. The molecular formula is C15H22BrNO. The molecule has 1 aromatic rings. The number of benzene rings is 1. The van der Waals surface area contributed by atoms with Crippen molar-refractivity contribution in [1.82, 2.24) is 0 Å². The first-order chi connectivity index (χ1) is 8.74. The van der Waals surface area contributed by atoms with E-state index in [1.807, 2.05) is 6.07 Å². The summed E-state index contributed by atoms with van der Waals surface area (Å²) in [4.78, 5) is 2.42. The second-order valence-corrected chi connectivity index (χ2v) is 6.07. The van der Waals surface area contributed by atoms with Crippen molar-refractivity contribution >= 4 is 21.6 Å². The minimum Gasteiger partial charge on any atom is -0.392 e. The predicted octanol–water partition coefficient (Wildman–Crippen LogP) is 3.96. The minimum absolute atomic E-state index is 0.115. The molecule has 0 radical (unpaired) electrons. The zero-order valence-electron chi connectivity index (χ0n) is 11.0. The SMILES string of the molecule is CCCC1CCN(c2ccc(Br)cc2CO)CC1. The molecule has 1 heterocycles. The van der Waals surface area contributed by atoms with E-state index in [0.717, 1.165) is 29.0 Å². The van der Waals surface area contributed by atoms with Gasteiger partial charge in [-0.05, 0) is 37.0 Å². The molecule has 0 aliphatic carbocycles. The van der Waals surface area contributed by atoms with Crippen LogP contribution in [0.15, 0.2) is 22.7 Å². The second-order valence-electron chi connectivity index (χ2n) is 5.15. The predicted molar refractivity (Wildman–Crippen MR) is 79.9 cm³/mol. The summed E-state index contributed by atoms with van der Waals surface area (Å²) < 4.78 is 1.04. The first-order valence-electron chi connectivity index (χ1n) is 6.88. The molecule has 2 nitrogen and oxygen atoms in total. The van der Waals surface area contributed by atoms with E-state index < -0.39 is 0 Å². The molecule has 0 amide bonds. The van der Waals surface area contributed by atoms with Gasteiger partial charge in [0, 0.05) is 28.8 Å². The highest BCUT2D eigenvalue weighted by molar-refractivity contribution is 9.10. The molecule has 0 bridgehead atoms. The summed E-state index contributed by atoms with van der Waals surface area (Å²) in [6.07, 6.45) is 5.23. The molecule has 1 aliphatic heterocycles. The van der Waals surface area contributed by atoms with Gasteiger partial charge in [-0.25, -0.2) is 0 Å². The largest absolute Gasteiger partial charge is 0.392 e. The molecule has 1 fully saturated rings. The van der Waals surface area contributed by atoms with Gasteiger partial charge in [-0.2, -0.15) is 0 Å². The van der Waals surface area contributed by atoms with Crippen LogP contribution in [0.25, 0.3) is 0 Å². The number of aliphatic hydroxyl groups is 1. The van der Waals surface area contributed by atoms with Crippen molar-refractivity contribution < 1.29 is 5.11 Å². The summed E-state index contributed by atoms with van der Waals surface area (Å²) in [5.41, 5.74) is 2.23. The maximum Gasteiger partial charge on any atom is 0.0702 e. The van der Waals surface area contributed by atoms with Gasteiger partial charge in [0.25, 0.3) is 0 Å². The van der Waals surface area contributed by atoms with E-state index in [1.165, 1.54) is 31.4 Å². The zero-order chi connectivity index (χ0) is 13.0. The average Bonchev–Trinajstić information content (AvgIpc) is 2.40. The molecule has 100 valence electrons. The molecule has 1 N–H and O–H groups in total. The number of hydrogen-bond acceptors (Lipinski definition) is 2. The van der Waals surface area contributed by atoms with Gasteiger partial charge in [-0.3, -0.25) is 0 Å². The lowest BCUT2D eigenvalue weighted by Crippen LogP contribution is -2.34. The second kappa shape index (κ2) is 6.58. The van der Waals surface area contributed by atoms with E-state index in [-0.39, 0.29) is 6.61 Å². The molecule has 0 unspecified atom stereocenters. The molecule has 3 heteroatoms. The summed E-state index contributed by atoms with van der Waals surface area (Å²) in [6.45, 7) is 4.63. The van der Waals surface area contributed by atoms with E-state index in [1.54, 1.807) is 0 Å². The van der Waals surface area contributed by atoms with Gasteiger partial charge in [-0.15, -0.1) is 0 Å². The van der Waals surface area contributed by atoms with Gasteiger partial charge in [0.1, 0.15) is 0 Å². The van der Waals surface area contributed by atoms with E-state index >= 15 is 0 Å². The number of hydrogen-bond donors (Lipinski definition) is 1. The van der Waals surface area contributed by atoms with Gasteiger partial charge in [0.2, 0.25) is 0 Å². The fourth-order valence-corrected chi connectivity index (χ4v) is 3.27. The van der Waals surface area contributed by atoms with E-state index in [9.17, 15) is 5.11 Å². The number of halogens is 1. The molecule has 0 aromatic heterocycles. The molecule has 2 rings (SSSR count). The summed E-state index contributed by atoms with van der Waals surface area (Å²) in [5.74, 6) is 0.902. The third-order valence-corrected chi connectivity index (χ3v) is 4.36. The van der Waals surface area contributed by atoms with Gasteiger partial charge >= 0.3 is 0 Å². The highest BCUT2D eigenvalue weighted by Crippen LogP contribution is 2.30. The van der Waals surface area contributed by atoms with Crippen molar-refractivity contribution in [3.8, 4) is 0 Å². The lowest BCUT2D eigenvalue weighted by Gasteiger charge is -2.34. The van der Waals surface area contributed by atoms with Crippen molar-refractivity contribution in [2.45, 2.75) is 39.2 Å². The molecule has 1 saturated heterocycles. The summed E-state index contributed by atoms with van der Waals surface area (Å²) in [7, 11) is 0. The Morgan fingerprint density at radius 1 is 1.33 bits per heavy atom. The molecule has 18 heavy (non-hydrogen) atoms. The Morgan fingerprint density at radius 3 is 2.67 bits per heavy atom. The lowest BCUT2D eigenvalue weighted by atomic mass is 9.92. The Morgan fingerprint density at radius 2 is 2.06 bits per heavy atom. The molecule has 1 aromatic carbocycles. The van der Waals surface area contributed by atoms with Crippen LogP contribution in [0.5, 0.6) is 0 Å². The van der Waals surface area contributed by atoms with Gasteiger partial charge in [0.05, 0.1) is 6.61 Å². The van der Waals surface area contributed by atoms with Crippen LogP contribution < -0.4 is 4.90 Å². The lowest BCUT2D eigenvalue weighted by molar-refractivity contribution is 0.281. The Hall–Kier alpha value is -0.540. The molecule has 0 atom stereocenters. The van der Waals surface area contributed by atoms with Crippen LogP contribution >= 0.6 is 15.9 Å². The number of anilines is 1. The third-order valence-electron chi connectivity index (χ3n) is 3.86. The minimum atomic E-state index is 0.115. The Kier molecular flexibility index (Phi) is 5.07. The van der Waals surface area contributed by atoms with Crippen molar-refractivity contribution in [2.24, 2.45) is 5.92 Å². The first kappa shape index (κ1) is 13.9. The Balaban J connectivity index is 2.05. The molecule has 1 aliphatic rings. The maximum atomic E-state index is 9.46. The monoisotopic (exact) mass is 311 g/mol. The Labute approximate surface area is 118 Å². The smallest absolute Gasteiger partial charge is 0.0702 e. The first-order valence-corrected chi connectivity index (χ1v) is 7.68. The molecular weight excluding hydrogens is 290 g/mol. The van der Waals surface area contributed by atoms with Gasteiger partial charge in [0.15, 0.2) is 0 Å². The average molecular weight is 312 g/mol. The number of nitrogens with zero attached hydrogens (tertiary/aromatic N) is 1. The van der Waals surface area contributed by atoms with Crippen molar-refractivity contribution in [1.29, 1.82) is 0 Å². The number of rotatable bonds is 4. The van der Waals surface area contributed by atoms with E-state index in [2.05, 4.69) is 39.9 Å². The van der Waals surface area contributed by atoms with Crippen molar-refractivity contribution in [3.05, 3.63) is 28.2 Å². The topological polar surface area (TPSA) is 23.5 Å². The summed E-state index contributed by atoms with van der Waals surface area (Å²) >= 11 is 3.46. The fraction of sp³-hybridized carbons (Fsp3) is 0.600. The van der Waals surface area contributed by atoms with Gasteiger partial charge < -0.3 is 10.0 Å². The van der Waals surface area contributed by atoms with E-state index in [4.69, 9.17) is 0 Å². The third kappa shape index (κ3) is 3.27. The van der Waals surface area contributed by atoms with Crippen LogP contribution in [0.4, 0.5) is 5.69 Å². The van der Waals surface area contributed by atoms with Crippen LogP contribution in [0.1, 0.15) is 38.2 Å². The van der Waals surface area contributed by atoms with Crippen LogP contribution in [0.2, 0.25) is 0 Å². The maximum absolute atomic E-state index is 9.46. The fourth-order valence-electron chi connectivity index (χ4n) is 2.86. The zero-order valence-corrected chi connectivity index (χ0v) is 12.6. The Bertz CT molecular complexity index is 386. The highest BCUT2D eigenvalue weighted by Gasteiger charge is 2.20. The van der Waals surface area contributed by atoms with Crippen LogP contribution in [-0.2, 0) is 6.61 Å². The highest BCUT2D eigenvalue weighted by atomic mass is 79.9. The standard InChI is InChI=1S/C15H22BrNO/c1-2-3-12-6-8-17(9-7-12)15-5-4-14(16)10-13(15)11-18/h4-5,10,12,18H,2-3,6-9,11H2,1H3. The van der Waals surface area contributed by atoms with Crippen LogP contribution in [0.3, 0.4) is 0 Å². The van der Waals surface area contributed by atoms with Crippen LogP contribution in [-0.4, -0.2) is 18.2 Å². The molecule has 0 spiro atoms. The number of aliphatic hydroxyl groups excluding tert-OH is 1. The molecule has 0 saturated carbocycles. The summed E-state index contributed by atoms with van der Waals surface area (Å²) in [5, 5.41) is 9.46. The van der Waals surface area contributed by atoms with Gasteiger partial charge in [-0.1, -0.05) is 35.7 Å². The number of piperidine rings is 1. The van der Waals surface area contributed by atoms with E-state index in [0.29, 0.717) is 0 Å². The van der Waals surface area contributed by atoms with Crippen molar-refractivity contribution in [3.63, 3.8) is 0 Å². The van der Waals surface area contributed by atoms with Crippen molar-refractivity contribution in [2.75, 3.05) is 18.0 Å².